The molecule has 0 bridgehead atoms. The fourth-order valence-corrected chi connectivity index (χ4v) is 3.61. The average Bonchev–Trinajstić information content (AvgIpc) is 2.64. The number of rotatable bonds is 3. The van der Waals surface area contributed by atoms with Crippen LogP contribution in [0.25, 0.3) is 22.5 Å². The quantitative estimate of drug-likeness (QED) is 0.214. The molecule has 0 aliphatic rings. The highest BCUT2D eigenvalue weighted by atomic mass is 35.5. The first kappa shape index (κ1) is 20.5. The Morgan fingerprint density at radius 2 is 1.11 bits per heavy atom. The molecule has 0 saturated carbocycles. The molecule has 0 amide bonds. The molecule has 3 rings (SSSR count). The van der Waals surface area contributed by atoms with Gasteiger partial charge < -0.3 is 0 Å². The molecule has 0 radical (unpaired) electrons. The number of hydrogen-bond donors (Lipinski definition) is 0. The van der Waals surface area contributed by atoms with Crippen LogP contribution in [-0.2, 0) is 0 Å². The highest BCUT2D eigenvalue weighted by Crippen LogP contribution is 2.41. The van der Waals surface area contributed by atoms with Crippen LogP contribution in [-0.4, -0.2) is 9.91 Å². The van der Waals surface area contributed by atoms with Crippen LogP contribution in [0.3, 0.4) is 0 Å². The lowest BCUT2D eigenvalue weighted by Gasteiger charge is -2.11. The topological polar surface area (TPSA) is 56.0 Å². The Labute approximate surface area is 183 Å². The Morgan fingerprint density at radius 1 is 0.704 bits per heavy atom. The molecule has 0 atom stereocenters. The van der Waals surface area contributed by atoms with Crippen LogP contribution < -0.4 is 0 Å². The zero-order valence-corrected chi connectivity index (χ0v) is 17.5. The third kappa shape index (κ3) is 3.97. The maximum absolute atomic E-state index is 11.4. The van der Waals surface area contributed by atoms with E-state index in [2.05, 4.69) is 4.98 Å². The largest absolute Gasteiger partial charge is 0.273 e. The zero-order chi connectivity index (χ0) is 19.9. The molecule has 2 aromatic carbocycles. The summed E-state index contributed by atoms with van der Waals surface area (Å²) in [5, 5.41) is 12.4. The summed E-state index contributed by atoms with van der Waals surface area (Å²) in [6.45, 7) is 0. The molecule has 1 heterocycles. The number of halogens is 6. The average molecular weight is 483 g/mol. The molecule has 27 heavy (non-hydrogen) atoms. The molecule has 0 unspecified atom stereocenters. The highest BCUT2D eigenvalue weighted by Gasteiger charge is 2.20. The Hall–Kier alpha value is -1.27. The number of benzene rings is 2. The van der Waals surface area contributed by atoms with E-state index >= 15 is 0 Å². The molecule has 0 saturated heterocycles. The van der Waals surface area contributed by atoms with Crippen LogP contribution in [0.2, 0.25) is 30.1 Å². The summed E-state index contributed by atoms with van der Waals surface area (Å²) in [6, 6.07) is 8.75. The zero-order valence-electron chi connectivity index (χ0n) is 12.9. The van der Waals surface area contributed by atoms with E-state index in [1.807, 2.05) is 0 Å². The molecule has 0 spiro atoms. The van der Waals surface area contributed by atoms with Crippen molar-refractivity contribution in [3.63, 3.8) is 0 Å². The number of aromatic nitrogens is 1. The van der Waals surface area contributed by atoms with Crippen LogP contribution in [0.1, 0.15) is 0 Å². The van der Waals surface area contributed by atoms with E-state index in [9.17, 15) is 10.1 Å². The third-order valence-electron chi connectivity index (χ3n) is 3.64. The molecule has 3 aromatic rings. The molecular formula is C17H6Cl6N2O2. The minimum atomic E-state index is -0.550. The van der Waals surface area contributed by atoms with Gasteiger partial charge in [-0.2, -0.15) is 0 Å². The molecule has 0 aliphatic heterocycles. The van der Waals surface area contributed by atoms with Gasteiger partial charge >= 0.3 is 0 Å². The van der Waals surface area contributed by atoms with E-state index in [0.29, 0.717) is 11.1 Å². The number of nitro groups is 1. The fraction of sp³-hybridized carbons (Fsp3) is 0. The van der Waals surface area contributed by atoms with Crippen molar-refractivity contribution in [2.75, 3.05) is 0 Å². The molecule has 0 N–H and O–H groups in total. The Morgan fingerprint density at radius 3 is 1.48 bits per heavy atom. The lowest BCUT2D eigenvalue weighted by molar-refractivity contribution is -0.384. The summed E-state index contributed by atoms with van der Waals surface area (Å²) in [5.74, 6) is 0. The van der Waals surface area contributed by atoms with Gasteiger partial charge in [0.15, 0.2) is 0 Å². The second-order valence-electron chi connectivity index (χ2n) is 5.30. The summed E-state index contributed by atoms with van der Waals surface area (Å²) < 4.78 is 0. The summed E-state index contributed by atoms with van der Waals surface area (Å²) >= 11 is 36.5. The normalized spacial score (nSPS) is 10.9. The van der Waals surface area contributed by atoms with E-state index in [1.54, 1.807) is 12.1 Å². The monoisotopic (exact) mass is 480 g/mol. The number of pyridine rings is 1. The molecule has 4 nitrogen and oxygen atoms in total. The van der Waals surface area contributed by atoms with E-state index < -0.39 is 4.92 Å². The second kappa shape index (κ2) is 8.00. The molecule has 1 aromatic heterocycles. The lowest BCUT2D eigenvalue weighted by atomic mass is 10.1. The Balaban J connectivity index is 2.29. The summed E-state index contributed by atoms with van der Waals surface area (Å²) in [4.78, 5) is 15.3. The van der Waals surface area contributed by atoms with Crippen LogP contribution in [0, 0.1) is 10.1 Å². The molecule has 10 heteroatoms. The van der Waals surface area contributed by atoms with Gasteiger partial charge in [0.25, 0.3) is 5.69 Å². The first-order valence-corrected chi connectivity index (χ1v) is 9.41. The SMILES string of the molecule is O=[N+]([O-])c1cc(-c2ccc(Cl)c(Cl)c2Cl)nc(-c2ccc(Cl)c(Cl)c2Cl)c1. The van der Waals surface area contributed by atoms with Crippen LogP contribution >= 0.6 is 69.6 Å². The predicted octanol–water partition coefficient (Wildman–Crippen LogP) is 8.24. The van der Waals surface area contributed by atoms with Crippen molar-refractivity contribution in [1.29, 1.82) is 0 Å². The minimum Gasteiger partial charge on any atom is -0.258 e. The number of nitrogens with zero attached hydrogens (tertiary/aromatic N) is 2. The fourth-order valence-electron chi connectivity index (χ4n) is 2.34. The van der Waals surface area contributed by atoms with E-state index in [1.165, 1.54) is 24.3 Å². The van der Waals surface area contributed by atoms with Gasteiger partial charge in [-0.1, -0.05) is 69.6 Å². The van der Waals surface area contributed by atoms with Crippen molar-refractivity contribution in [3.8, 4) is 22.5 Å². The third-order valence-corrected chi connectivity index (χ3v) is 6.23. The van der Waals surface area contributed by atoms with E-state index in [0.717, 1.165) is 0 Å². The summed E-state index contributed by atoms with van der Waals surface area (Å²) in [7, 11) is 0. The van der Waals surface area contributed by atoms with Gasteiger partial charge in [-0.15, -0.1) is 0 Å². The Kier molecular flexibility index (Phi) is 6.06. The first-order chi connectivity index (χ1) is 12.7. The lowest BCUT2D eigenvalue weighted by Crippen LogP contribution is -1.96. The van der Waals surface area contributed by atoms with Crippen LogP contribution in [0.5, 0.6) is 0 Å². The van der Waals surface area contributed by atoms with Crippen molar-refractivity contribution in [2.45, 2.75) is 0 Å². The molecule has 138 valence electrons. The van der Waals surface area contributed by atoms with Crippen molar-refractivity contribution in [1.82, 2.24) is 4.98 Å². The van der Waals surface area contributed by atoms with Crippen molar-refractivity contribution < 1.29 is 4.92 Å². The maximum atomic E-state index is 11.4. The molecule has 0 fully saturated rings. The summed E-state index contributed by atoms with van der Waals surface area (Å²) in [5.41, 5.74) is 1.01. The van der Waals surface area contributed by atoms with Gasteiger partial charge in [0.1, 0.15) is 0 Å². The van der Waals surface area contributed by atoms with Crippen molar-refractivity contribution in [2.24, 2.45) is 0 Å². The number of hydrogen-bond acceptors (Lipinski definition) is 3. The van der Waals surface area contributed by atoms with Gasteiger partial charge in [-0.3, -0.25) is 10.1 Å². The van der Waals surface area contributed by atoms with Gasteiger partial charge in [-0.05, 0) is 24.3 Å². The minimum absolute atomic E-state index is 0.123. The van der Waals surface area contributed by atoms with Gasteiger partial charge in [0.2, 0.25) is 0 Å². The first-order valence-electron chi connectivity index (χ1n) is 7.15. The Bertz CT molecular complexity index is 1010. The highest BCUT2D eigenvalue weighted by molar-refractivity contribution is 6.49. The van der Waals surface area contributed by atoms with E-state index in [4.69, 9.17) is 69.6 Å². The maximum Gasteiger partial charge on any atom is 0.273 e. The molecule has 0 aliphatic carbocycles. The van der Waals surface area contributed by atoms with Crippen molar-refractivity contribution in [3.05, 3.63) is 76.6 Å². The summed E-state index contributed by atoms with van der Waals surface area (Å²) in [6.07, 6.45) is 0. The van der Waals surface area contributed by atoms with E-state index in [-0.39, 0.29) is 47.2 Å². The van der Waals surface area contributed by atoms with Crippen molar-refractivity contribution >= 4 is 75.3 Å². The van der Waals surface area contributed by atoms with Gasteiger partial charge in [0.05, 0.1) is 46.4 Å². The smallest absolute Gasteiger partial charge is 0.258 e. The van der Waals surface area contributed by atoms with Crippen LogP contribution in [0.15, 0.2) is 36.4 Å². The van der Waals surface area contributed by atoms with Gasteiger partial charge in [0, 0.05) is 23.3 Å². The molecular weight excluding hydrogens is 477 g/mol. The predicted molar refractivity (Wildman–Crippen MR) is 112 cm³/mol. The second-order valence-corrected chi connectivity index (χ2v) is 7.63. The van der Waals surface area contributed by atoms with Gasteiger partial charge in [-0.25, -0.2) is 4.98 Å². The standard InChI is InChI=1S/C17H6Cl6N2O2/c18-10-3-1-8(14(20)16(10)22)12-5-7(25(26)27)6-13(24-12)9-2-4-11(19)17(23)15(9)21/h1-6H. The van der Waals surface area contributed by atoms with Crippen LogP contribution in [0.4, 0.5) is 5.69 Å².